The lowest BCUT2D eigenvalue weighted by Crippen LogP contribution is -2.71. The van der Waals surface area contributed by atoms with Crippen LogP contribution >= 0.6 is 27.7 Å². The Hall–Kier alpha value is -1.81. The summed E-state index contributed by atoms with van der Waals surface area (Å²) in [5.74, 6) is 0.100. The Morgan fingerprint density at radius 2 is 2.11 bits per heavy atom. The van der Waals surface area contributed by atoms with Crippen molar-refractivity contribution < 1.29 is 14.4 Å². The van der Waals surface area contributed by atoms with Crippen LogP contribution in [0.15, 0.2) is 21.9 Å². The molecule has 1 saturated heterocycles. The topological polar surface area (TPSA) is 96.3 Å². The molecule has 2 aliphatic heterocycles. The predicted octanol–water partition coefficient (Wildman–Crippen LogP) is 1.73. The number of fused-ring (bicyclic) bond motifs is 1. The summed E-state index contributed by atoms with van der Waals surface area (Å²) in [4.78, 5) is 39.6. The van der Waals surface area contributed by atoms with E-state index in [0.717, 1.165) is 5.57 Å². The van der Waals surface area contributed by atoms with Crippen molar-refractivity contribution in [3.05, 3.63) is 27.6 Å². The van der Waals surface area contributed by atoms with Crippen LogP contribution in [0.1, 0.15) is 38.2 Å². The van der Waals surface area contributed by atoms with Crippen molar-refractivity contribution in [3.8, 4) is 0 Å². The molecule has 1 aromatic heterocycles. The van der Waals surface area contributed by atoms with Gasteiger partial charge in [0.25, 0.3) is 17.7 Å². The van der Waals surface area contributed by atoms with Crippen LogP contribution in [0.25, 0.3) is 0 Å². The summed E-state index contributed by atoms with van der Waals surface area (Å²) >= 11 is 4.88. The van der Waals surface area contributed by atoms with Gasteiger partial charge in [-0.3, -0.25) is 24.0 Å². The number of hydrogen-bond donors (Lipinski definition) is 2. The molecule has 3 amide bonds. The molecule has 1 fully saturated rings. The van der Waals surface area contributed by atoms with Crippen LogP contribution in [-0.2, 0) is 16.1 Å². The second-order valence-electron chi connectivity index (χ2n) is 7.25. The van der Waals surface area contributed by atoms with Crippen molar-refractivity contribution >= 4 is 45.4 Å². The van der Waals surface area contributed by atoms with Crippen molar-refractivity contribution in [1.82, 2.24) is 25.3 Å². The molecule has 0 aromatic carbocycles. The summed E-state index contributed by atoms with van der Waals surface area (Å²) < 4.78 is 2.15. The third-order valence-electron chi connectivity index (χ3n) is 4.64. The lowest BCUT2D eigenvalue weighted by Gasteiger charge is -2.49. The molecule has 0 bridgehead atoms. The highest BCUT2D eigenvalue weighted by Gasteiger charge is 2.53. The molecule has 0 aliphatic carbocycles. The van der Waals surface area contributed by atoms with E-state index in [0.29, 0.717) is 40.6 Å². The number of carbonyl (C=O) groups is 3. The molecule has 1 aromatic rings. The number of amides is 3. The molecule has 8 nitrogen and oxygen atoms in total. The van der Waals surface area contributed by atoms with E-state index in [4.69, 9.17) is 0 Å². The SMILES string of the molecule is CCn1ncc(Br)c1C(=O)N[C@H]1C(=O)N2C(C(=O)NCC(C)C)=C(C)CS[C@@H]12. The number of nitrogens with one attached hydrogen (secondary N) is 2. The molecule has 0 spiro atoms. The average molecular weight is 470 g/mol. The van der Waals surface area contributed by atoms with E-state index >= 15 is 0 Å². The Balaban J connectivity index is 1.74. The second-order valence-corrected chi connectivity index (χ2v) is 9.21. The molecule has 2 N–H and O–H groups in total. The van der Waals surface area contributed by atoms with Gasteiger partial charge in [-0.2, -0.15) is 5.10 Å². The van der Waals surface area contributed by atoms with Crippen molar-refractivity contribution in [2.45, 2.75) is 45.7 Å². The summed E-state index contributed by atoms with van der Waals surface area (Å²) in [6.45, 7) is 8.87. The first-order valence-electron chi connectivity index (χ1n) is 9.21. The average Bonchev–Trinajstić information content (AvgIpc) is 3.04. The van der Waals surface area contributed by atoms with Crippen LogP contribution < -0.4 is 10.6 Å². The van der Waals surface area contributed by atoms with Crippen molar-refractivity contribution in [3.63, 3.8) is 0 Å². The number of carbonyl (C=O) groups excluding carboxylic acids is 3. The lowest BCUT2D eigenvalue weighted by molar-refractivity contribution is -0.145. The Morgan fingerprint density at radius 1 is 1.39 bits per heavy atom. The Bertz CT molecular complexity index is 850. The number of thioether (sulfide) groups is 1. The smallest absolute Gasteiger partial charge is 0.271 e. The van der Waals surface area contributed by atoms with Crippen molar-refractivity contribution in [2.24, 2.45) is 5.92 Å². The molecule has 0 saturated carbocycles. The Kier molecular flexibility index (Phi) is 6.18. The van der Waals surface area contributed by atoms with Gasteiger partial charge in [-0.25, -0.2) is 0 Å². The zero-order chi connectivity index (χ0) is 20.6. The maximum atomic E-state index is 12.8. The Labute approximate surface area is 176 Å². The molecule has 0 unspecified atom stereocenters. The summed E-state index contributed by atoms with van der Waals surface area (Å²) in [6, 6.07) is -0.661. The normalized spacial score (nSPS) is 21.5. The van der Waals surface area contributed by atoms with Gasteiger partial charge >= 0.3 is 0 Å². The third-order valence-corrected chi connectivity index (χ3v) is 6.65. The fourth-order valence-electron chi connectivity index (χ4n) is 3.21. The predicted molar refractivity (Wildman–Crippen MR) is 110 cm³/mol. The molecule has 2 aliphatic rings. The molecular formula is C18H24BrN5O3S. The van der Waals surface area contributed by atoms with Gasteiger partial charge in [0.2, 0.25) is 0 Å². The monoisotopic (exact) mass is 469 g/mol. The maximum absolute atomic E-state index is 12.8. The van der Waals surface area contributed by atoms with E-state index in [1.807, 2.05) is 27.7 Å². The number of nitrogens with zero attached hydrogens (tertiary/aromatic N) is 3. The van der Waals surface area contributed by atoms with Gasteiger partial charge in [0.05, 0.1) is 10.7 Å². The van der Waals surface area contributed by atoms with Crippen LogP contribution in [-0.4, -0.2) is 56.1 Å². The summed E-state index contributed by atoms with van der Waals surface area (Å²) in [5, 5.41) is 9.55. The van der Waals surface area contributed by atoms with Gasteiger partial charge in [0, 0.05) is 18.8 Å². The summed E-state index contributed by atoms with van der Waals surface area (Å²) in [6.07, 6.45) is 1.56. The fourth-order valence-corrected chi connectivity index (χ4v) is 4.98. The highest BCUT2D eigenvalue weighted by Crippen LogP contribution is 2.40. The first kappa shape index (κ1) is 20.9. The fraction of sp³-hybridized carbons (Fsp3) is 0.556. The molecule has 3 rings (SSSR count). The molecule has 152 valence electrons. The van der Waals surface area contributed by atoms with Gasteiger partial charge in [-0.15, -0.1) is 11.8 Å². The molecule has 3 heterocycles. The van der Waals surface area contributed by atoms with Crippen molar-refractivity contribution in [2.75, 3.05) is 12.3 Å². The van der Waals surface area contributed by atoms with Crippen LogP contribution in [0.4, 0.5) is 0 Å². The van der Waals surface area contributed by atoms with Gasteiger partial charge in [0.15, 0.2) is 0 Å². The van der Waals surface area contributed by atoms with Gasteiger partial charge in [-0.05, 0) is 41.3 Å². The highest BCUT2D eigenvalue weighted by atomic mass is 79.9. The number of halogens is 1. The van der Waals surface area contributed by atoms with Crippen LogP contribution in [0.2, 0.25) is 0 Å². The van der Waals surface area contributed by atoms with E-state index in [2.05, 4.69) is 31.7 Å². The van der Waals surface area contributed by atoms with Crippen molar-refractivity contribution in [1.29, 1.82) is 0 Å². The second kappa shape index (κ2) is 8.28. The molecule has 10 heteroatoms. The number of aryl methyl sites for hydroxylation is 1. The van der Waals surface area contributed by atoms with Gasteiger partial charge in [-0.1, -0.05) is 13.8 Å². The minimum Gasteiger partial charge on any atom is -0.351 e. The number of β-lactam (4-membered cyclic amide) rings is 1. The van der Waals surface area contributed by atoms with E-state index in [1.165, 1.54) is 4.90 Å². The Morgan fingerprint density at radius 3 is 2.75 bits per heavy atom. The number of rotatable bonds is 6. The van der Waals surface area contributed by atoms with E-state index in [-0.39, 0.29) is 23.1 Å². The summed E-state index contributed by atoms with van der Waals surface area (Å²) in [5.41, 5.74) is 1.67. The summed E-state index contributed by atoms with van der Waals surface area (Å²) in [7, 11) is 0. The van der Waals surface area contributed by atoms with Crippen LogP contribution in [0, 0.1) is 5.92 Å². The first-order valence-corrected chi connectivity index (χ1v) is 11.0. The van der Waals surface area contributed by atoms with E-state index in [1.54, 1.807) is 22.6 Å². The minimum absolute atomic E-state index is 0.235. The molecular weight excluding hydrogens is 446 g/mol. The number of aromatic nitrogens is 2. The molecule has 0 radical (unpaired) electrons. The zero-order valence-electron chi connectivity index (χ0n) is 16.3. The highest BCUT2D eigenvalue weighted by molar-refractivity contribution is 9.10. The molecule has 2 atom stereocenters. The minimum atomic E-state index is -0.661. The van der Waals surface area contributed by atoms with E-state index in [9.17, 15) is 14.4 Å². The lowest BCUT2D eigenvalue weighted by atomic mass is 10.0. The van der Waals surface area contributed by atoms with Crippen LogP contribution in [0.3, 0.4) is 0 Å². The number of hydrogen-bond acceptors (Lipinski definition) is 5. The maximum Gasteiger partial charge on any atom is 0.271 e. The largest absolute Gasteiger partial charge is 0.351 e. The van der Waals surface area contributed by atoms with E-state index < -0.39 is 6.04 Å². The standard InChI is InChI=1S/C18H24BrN5O3S/c1-5-23-14(11(19)7-21-23)16(26)22-12-17(27)24-13(10(4)8-28-18(12)24)15(25)20-6-9(2)3/h7,9,12,18H,5-6,8H2,1-4H3,(H,20,25)(H,22,26)/t12-,18-/m0/s1. The van der Waals surface area contributed by atoms with Crippen LogP contribution in [0.5, 0.6) is 0 Å². The quantitative estimate of drug-likeness (QED) is 0.618. The van der Waals surface area contributed by atoms with Gasteiger partial charge in [0.1, 0.15) is 22.8 Å². The third kappa shape index (κ3) is 3.71. The molecule has 28 heavy (non-hydrogen) atoms. The zero-order valence-corrected chi connectivity index (χ0v) is 18.7. The first-order chi connectivity index (χ1) is 13.3. The van der Waals surface area contributed by atoms with Gasteiger partial charge < -0.3 is 10.6 Å².